The minimum Gasteiger partial charge on any atom is -0.378 e. The van der Waals surface area contributed by atoms with E-state index in [1.54, 1.807) is 0 Å². The summed E-state index contributed by atoms with van der Waals surface area (Å²) in [5, 5.41) is 0. The van der Waals surface area contributed by atoms with Gasteiger partial charge in [0.2, 0.25) is 0 Å². The molecule has 0 bridgehead atoms. The van der Waals surface area contributed by atoms with Crippen LogP contribution in [0.15, 0.2) is 0 Å². The third-order valence-electron chi connectivity index (χ3n) is 2.35. The van der Waals surface area contributed by atoms with E-state index < -0.39 is 0 Å². The molecule has 0 unspecified atom stereocenters. The van der Waals surface area contributed by atoms with E-state index in [9.17, 15) is 0 Å². The largest absolute Gasteiger partial charge is 0.378 e. The summed E-state index contributed by atoms with van der Waals surface area (Å²) in [6.45, 7) is 7.78. The van der Waals surface area contributed by atoms with Crippen LogP contribution in [0.1, 0.15) is 25.5 Å². The fourth-order valence-electron chi connectivity index (χ4n) is 1.55. The lowest BCUT2D eigenvalue weighted by Crippen LogP contribution is -2.37. The van der Waals surface area contributed by atoms with Crippen molar-refractivity contribution in [2.75, 3.05) is 31.2 Å². The number of hydrogen-bond donors (Lipinski definition) is 0. The molecule has 0 spiro atoms. The first-order chi connectivity index (χ1) is 6.79. The predicted molar refractivity (Wildman–Crippen MR) is 57.0 cm³/mol. The highest BCUT2D eigenvalue weighted by atomic mass is 32.1. The van der Waals surface area contributed by atoms with Crippen molar-refractivity contribution in [3.63, 3.8) is 0 Å². The van der Waals surface area contributed by atoms with E-state index in [1.807, 2.05) is 0 Å². The summed E-state index contributed by atoms with van der Waals surface area (Å²) in [6, 6.07) is 0. The number of ether oxygens (including phenoxy) is 1. The maximum absolute atomic E-state index is 5.31. The Kier molecular flexibility index (Phi) is 2.98. The zero-order valence-electron chi connectivity index (χ0n) is 8.56. The van der Waals surface area contributed by atoms with Crippen LogP contribution in [0.3, 0.4) is 0 Å². The maximum Gasteiger partial charge on any atom is 0.166 e. The SMILES string of the molecule is CC(C)c1nsnc1N1CCOCC1. The van der Waals surface area contributed by atoms with Gasteiger partial charge in [0.1, 0.15) is 5.69 Å². The van der Waals surface area contributed by atoms with Crippen LogP contribution in [-0.4, -0.2) is 35.1 Å². The first kappa shape index (κ1) is 9.86. The Morgan fingerprint density at radius 3 is 2.64 bits per heavy atom. The highest BCUT2D eigenvalue weighted by Crippen LogP contribution is 2.25. The molecule has 14 heavy (non-hydrogen) atoms. The number of aromatic nitrogens is 2. The van der Waals surface area contributed by atoms with Crippen LogP contribution >= 0.6 is 11.7 Å². The van der Waals surface area contributed by atoms with Crippen molar-refractivity contribution in [3.8, 4) is 0 Å². The molecule has 5 heteroatoms. The van der Waals surface area contributed by atoms with Gasteiger partial charge in [0.25, 0.3) is 0 Å². The second kappa shape index (κ2) is 4.23. The molecule has 2 heterocycles. The van der Waals surface area contributed by atoms with Gasteiger partial charge in [-0.3, -0.25) is 0 Å². The Morgan fingerprint density at radius 1 is 1.29 bits per heavy atom. The summed E-state index contributed by atoms with van der Waals surface area (Å²) in [5.41, 5.74) is 1.12. The zero-order chi connectivity index (χ0) is 9.97. The number of morpholine rings is 1. The Labute approximate surface area is 88.2 Å². The molecule has 1 aromatic rings. The van der Waals surface area contributed by atoms with E-state index in [-0.39, 0.29) is 0 Å². The lowest BCUT2D eigenvalue weighted by Gasteiger charge is -2.27. The third kappa shape index (κ3) is 1.88. The lowest BCUT2D eigenvalue weighted by molar-refractivity contribution is 0.122. The van der Waals surface area contributed by atoms with Gasteiger partial charge in [-0.15, -0.1) is 0 Å². The topological polar surface area (TPSA) is 38.2 Å². The summed E-state index contributed by atoms with van der Waals surface area (Å²) in [7, 11) is 0. The molecule has 0 atom stereocenters. The van der Waals surface area contributed by atoms with Crippen molar-refractivity contribution in [3.05, 3.63) is 5.69 Å². The number of anilines is 1. The molecular formula is C9H15N3OS. The molecule has 1 aliphatic heterocycles. The average Bonchev–Trinajstić information content (AvgIpc) is 2.67. The number of rotatable bonds is 2. The molecule has 1 aliphatic rings. The molecule has 1 saturated heterocycles. The van der Waals surface area contributed by atoms with E-state index in [0.29, 0.717) is 5.92 Å². The monoisotopic (exact) mass is 213 g/mol. The summed E-state index contributed by atoms with van der Waals surface area (Å²) < 4.78 is 14.0. The van der Waals surface area contributed by atoms with Gasteiger partial charge >= 0.3 is 0 Å². The number of nitrogens with zero attached hydrogens (tertiary/aromatic N) is 3. The van der Waals surface area contributed by atoms with Gasteiger partial charge in [-0.2, -0.15) is 8.75 Å². The van der Waals surface area contributed by atoms with Gasteiger partial charge in [-0.25, -0.2) is 0 Å². The Hall–Kier alpha value is -0.680. The highest BCUT2D eigenvalue weighted by molar-refractivity contribution is 6.99. The molecule has 0 N–H and O–H groups in total. The molecule has 0 aliphatic carbocycles. The first-order valence-corrected chi connectivity index (χ1v) is 5.67. The second-order valence-electron chi connectivity index (χ2n) is 3.73. The molecular weight excluding hydrogens is 198 g/mol. The van der Waals surface area contributed by atoms with Gasteiger partial charge in [-0.05, 0) is 0 Å². The highest BCUT2D eigenvalue weighted by Gasteiger charge is 2.19. The van der Waals surface area contributed by atoms with E-state index in [1.165, 1.54) is 11.7 Å². The van der Waals surface area contributed by atoms with Crippen LogP contribution in [0.4, 0.5) is 5.82 Å². The van der Waals surface area contributed by atoms with Crippen molar-refractivity contribution in [2.45, 2.75) is 19.8 Å². The quantitative estimate of drug-likeness (QED) is 0.746. The van der Waals surface area contributed by atoms with Gasteiger partial charge in [-0.1, -0.05) is 13.8 Å². The number of hydrogen-bond acceptors (Lipinski definition) is 5. The fraction of sp³-hybridized carbons (Fsp3) is 0.778. The van der Waals surface area contributed by atoms with E-state index in [4.69, 9.17) is 4.74 Å². The predicted octanol–water partition coefficient (Wildman–Crippen LogP) is 1.50. The van der Waals surface area contributed by atoms with Crippen LogP contribution in [0.25, 0.3) is 0 Å². The molecule has 1 fully saturated rings. The van der Waals surface area contributed by atoms with Crippen LogP contribution in [0.5, 0.6) is 0 Å². The van der Waals surface area contributed by atoms with Crippen molar-refractivity contribution in [1.82, 2.24) is 8.75 Å². The van der Waals surface area contributed by atoms with E-state index >= 15 is 0 Å². The lowest BCUT2D eigenvalue weighted by atomic mass is 10.1. The summed E-state index contributed by atoms with van der Waals surface area (Å²) in [6.07, 6.45) is 0. The van der Waals surface area contributed by atoms with Gasteiger partial charge < -0.3 is 9.64 Å². The average molecular weight is 213 g/mol. The summed E-state index contributed by atoms with van der Waals surface area (Å²) >= 11 is 1.31. The maximum atomic E-state index is 5.31. The minimum atomic E-state index is 0.451. The molecule has 1 aromatic heterocycles. The summed E-state index contributed by atoms with van der Waals surface area (Å²) in [4.78, 5) is 2.27. The molecule has 0 radical (unpaired) electrons. The standard InChI is InChI=1S/C9H15N3OS/c1-7(2)8-9(11-14-10-8)12-3-5-13-6-4-12/h7H,3-6H2,1-2H3. The van der Waals surface area contributed by atoms with Crippen LogP contribution < -0.4 is 4.90 Å². The molecule has 4 nitrogen and oxygen atoms in total. The smallest absolute Gasteiger partial charge is 0.166 e. The van der Waals surface area contributed by atoms with Gasteiger partial charge in [0.15, 0.2) is 5.82 Å². The molecule has 0 aromatic carbocycles. The third-order valence-corrected chi connectivity index (χ3v) is 2.89. The van der Waals surface area contributed by atoms with Crippen molar-refractivity contribution in [1.29, 1.82) is 0 Å². The molecule has 2 rings (SSSR count). The van der Waals surface area contributed by atoms with Crippen LogP contribution in [-0.2, 0) is 4.74 Å². The molecule has 0 amide bonds. The van der Waals surface area contributed by atoms with Crippen LogP contribution in [0.2, 0.25) is 0 Å². The Morgan fingerprint density at radius 2 is 2.00 bits per heavy atom. The van der Waals surface area contributed by atoms with Gasteiger partial charge in [0, 0.05) is 19.0 Å². The van der Waals surface area contributed by atoms with Crippen molar-refractivity contribution < 1.29 is 4.74 Å². The Balaban J connectivity index is 2.17. The van der Waals surface area contributed by atoms with E-state index in [0.717, 1.165) is 37.8 Å². The van der Waals surface area contributed by atoms with Crippen molar-refractivity contribution >= 4 is 17.5 Å². The normalized spacial score (nSPS) is 17.8. The first-order valence-electron chi connectivity index (χ1n) is 4.94. The van der Waals surface area contributed by atoms with E-state index in [2.05, 4.69) is 27.5 Å². The molecule has 78 valence electrons. The Bertz CT molecular complexity index is 294. The zero-order valence-corrected chi connectivity index (χ0v) is 9.38. The molecule has 0 saturated carbocycles. The van der Waals surface area contributed by atoms with Crippen LogP contribution in [0, 0.1) is 0 Å². The second-order valence-corrected chi connectivity index (χ2v) is 4.26. The summed E-state index contributed by atoms with van der Waals surface area (Å²) in [5.74, 6) is 1.51. The minimum absolute atomic E-state index is 0.451. The van der Waals surface area contributed by atoms with Crippen molar-refractivity contribution in [2.24, 2.45) is 0 Å². The van der Waals surface area contributed by atoms with Gasteiger partial charge in [0.05, 0.1) is 24.9 Å². The fourth-order valence-corrected chi connectivity index (χ4v) is 2.26.